The van der Waals surface area contributed by atoms with Crippen LogP contribution in [0.4, 0.5) is 5.95 Å². The number of carbonyl (C=O) groups is 1. The fourth-order valence-electron chi connectivity index (χ4n) is 3.97. The molecule has 1 aliphatic rings. The molecule has 0 bridgehead atoms. The number of anilines is 1. The van der Waals surface area contributed by atoms with Crippen LogP contribution in [0.2, 0.25) is 0 Å². The van der Waals surface area contributed by atoms with Crippen molar-refractivity contribution in [2.24, 2.45) is 0 Å². The first kappa shape index (κ1) is 22.7. The van der Waals surface area contributed by atoms with Crippen molar-refractivity contribution in [1.82, 2.24) is 24.8 Å². The summed E-state index contributed by atoms with van der Waals surface area (Å²) in [5, 5.41) is 12.9. The maximum atomic E-state index is 12.5. The van der Waals surface area contributed by atoms with Gasteiger partial charge in [-0.15, -0.1) is 0 Å². The molecule has 1 fully saturated rings. The molecule has 1 N–H and O–H groups in total. The number of piperazine rings is 1. The van der Waals surface area contributed by atoms with Gasteiger partial charge in [0.25, 0.3) is 0 Å². The maximum Gasteiger partial charge on any atom is 0.222 e. The number of amides is 1. The first-order valence-electron chi connectivity index (χ1n) is 11.4. The maximum absolute atomic E-state index is 12.5. The van der Waals surface area contributed by atoms with E-state index in [4.69, 9.17) is 4.42 Å². The zero-order valence-electron chi connectivity index (χ0n) is 19.1. The van der Waals surface area contributed by atoms with E-state index >= 15 is 0 Å². The van der Waals surface area contributed by atoms with E-state index in [1.807, 2.05) is 29.2 Å². The normalized spacial score (nSPS) is 15.5. The van der Waals surface area contributed by atoms with Gasteiger partial charge in [0.1, 0.15) is 5.52 Å². The number of nitrogens with zero attached hydrogens (tertiary/aromatic N) is 6. The summed E-state index contributed by atoms with van der Waals surface area (Å²) in [5.41, 5.74) is 1.85. The van der Waals surface area contributed by atoms with Gasteiger partial charge in [0, 0.05) is 51.4 Å². The lowest BCUT2D eigenvalue weighted by Gasteiger charge is -2.37. The summed E-state index contributed by atoms with van der Waals surface area (Å²) in [6.45, 7) is 8.40. The minimum absolute atomic E-state index is 0.190. The van der Waals surface area contributed by atoms with Crippen molar-refractivity contribution < 1.29 is 9.21 Å². The molecule has 1 atom stereocenters. The zero-order chi connectivity index (χ0) is 23.2. The molecule has 0 saturated carbocycles. The number of hydrogen-bond acceptors (Lipinski definition) is 8. The molecule has 0 aliphatic carbocycles. The van der Waals surface area contributed by atoms with Crippen molar-refractivity contribution in [2.75, 3.05) is 38.0 Å². The van der Waals surface area contributed by atoms with E-state index in [1.54, 1.807) is 12.3 Å². The van der Waals surface area contributed by atoms with Crippen LogP contribution in [0.15, 0.2) is 40.9 Å². The van der Waals surface area contributed by atoms with Crippen molar-refractivity contribution in [3.8, 4) is 6.07 Å². The Morgan fingerprint density at radius 1 is 1.18 bits per heavy atom. The number of rotatable bonds is 8. The number of hydrogen-bond donors (Lipinski definition) is 1. The van der Waals surface area contributed by atoms with Gasteiger partial charge in [-0.05, 0) is 38.5 Å². The second-order valence-corrected chi connectivity index (χ2v) is 8.43. The molecule has 2 aromatic heterocycles. The van der Waals surface area contributed by atoms with Crippen molar-refractivity contribution in [3.05, 3.63) is 48.1 Å². The molecule has 172 valence electrons. The molecule has 0 radical (unpaired) electrons. The molecule has 1 amide bonds. The first-order valence-corrected chi connectivity index (χ1v) is 11.4. The van der Waals surface area contributed by atoms with Crippen LogP contribution in [0.1, 0.15) is 44.2 Å². The largest absolute Gasteiger partial charge is 0.439 e. The summed E-state index contributed by atoms with van der Waals surface area (Å²) in [4.78, 5) is 30.0. The molecule has 3 heterocycles. The third kappa shape index (κ3) is 5.46. The molecule has 9 nitrogen and oxygen atoms in total. The highest BCUT2D eigenvalue weighted by Gasteiger charge is 2.23. The lowest BCUT2D eigenvalue weighted by Crippen LogP contribution is -2.50. The standard InChI is InChI=1S/C24H29N7O2/c1-17(2)30-12-14-31(15-13-30)22(32)8-5-10-26-24-27-11-9-19(29-24)18(16-25)23-28-20-6-3-4-7-21(20)33-23/h3-4,6-7,9,11,17-18H,5,8,10,12-15H2,1-2H3,(H,26,27,29). The van der Waals surface area contributed by atoms with Gasteiger partial charge in [0.05, 0.1) is 11.8 Å². The highest BCUT2D eigenvalue weighted by molar-refractivity contribution is 5.76. The Bertz CT molecular complexity index is 1100. The Hall–Kier alpha value is -3.51. The minimum Gasteiger partial charge on any atom is -0.439 e. The van der Waals surface area contributed by atoms with Crippen LogP contribution >= 0.6 is 0 Å². The van der Waals surface area contributed by atoms with E-state index in [2.05, 4.69) is 45.1 Å². The third-order valence-electron chi connectivity index (χ3n) is 5.91. The van der Waals surface area contributed by atoms with Gasteiger partial charge in [0.15, 0.2) is 11.5 Å². The van der Waals surface area contributed by atoms with E-state index in [0.29, 0.717) is 54.1 Å². The van der Waals surface area contributed by atoms with Crippen molar-refractivity contribution >= 4 is 23.0 Å². The van der Waals surface area contributed by atoms with Crippen LogP contribution in [0.5, 0.6) is 0 Å². The molecule has 1 unspecified atom stereocenters. The monoisotopic (exact) mass is 447 g/mol. The van der Waals surface area contributed by atoms with Gasteiger partial charge in [-0.2, -0.15) is 5.26 Å². The van der Waals surface area contributed by atoms with Crippen molar-refractivity contribution in [1.29, 1.82) is 5.26 Å². The van der Waals surface area contributed by atoms with Crippen LogP contribution in [0.3, 0.4) is 0 Å². The summed E-state index contributed by atoms with van der Waals surface area (Å²) in [6, 6.07) is 11.8. The van der Waals surface area contributed by atoms with Crippen LogP contribution in [0.25, 0.3) is 11.1 Å². The van der Waals surface area contributed by atoms with E-state index in [1.165, 1.54) is 0 Å². The summed E-state index contributed by atoms with van der Waals surface area (Å²) in [7, 11) is 0. The van der Waals surface area contributed by atoms with Crippen LogP contribution in [-0.4, -0.2) is 69.4 Å². The van der Waals surface area contributed by atoms with Gasteiger partial charge in [-0.25, -0.2) is 15.0 Å². The number of nitriles is 1. The molecule has 1 saturated heterocycles. The topological polar surface area (TPSA) is 111 Å². The van der Waals surface area contributed by atoms with E-state index < -0.39 is 5.92 Å². The number of nitrogens with one attached hydrogen (secondary N) is 1. The summed E-state index contributed by atoms with van der Waals surface area (Å²) >= 11 is 0. The summed E-state index contributed by atoms with van der Waals surface area (Å²) in [6.07, 6.45) is 2.78. The Balaban J connectivity index is 1.29. The van der Waals surface area contributed by atoms with Gasteiger partial charge in [-0.1, -0.05) is 12.1 Å². The predicted octanol–water partition coefficient (Wildman–Crippen LogP) is 3.02. The summed E-state index contributed by atoms with van der Waals surface area (Å²) in [5.74, 6) is 0.191. The number of oxazole rings is 1. The molecule has 3 aromatic rings. The molecule has 1 aromatic carbocycles. The van der Waals surface area contributed by atoms with Crippen molar-refractivity contribution in [3.63, 3.8) is 0 Å². The minimum atomic E-state index is -0.730. The van der Waals surface area contributed by atoms with Crippen LogP contribution in [-0.2, 0) is 4.79 Å². The average Bonchev–Trinajstić information content (AvgIpc) is 3.26. The number of aromatic nitrogens is 3. The smallest absolute Gasteiger partial charge is 0.222 e. The Morgan fingerprint density at radius 3 is 2.70 bits per heavy atom. The number of fused-ring (bicyclic) bond motifs is 1. The van der Waals surface area contributed by atoms with Crippen molar-refractivity contribution in [2.45, 2.75) is 38.6 Å². The highest BCUT2D eigenvalue weighted by atomic mass is 16.3. The fourth-order valence-corrected chi connectivity index (χ4v) is 3.97. The predicted molar refractivity (Wildman–Crippen MR) is 125 cm³/mol. The van der Waals surface area contributed by atoms with E-state index in [0.717, 1.165) is 26.2 Å². The molecule has 0 spiro atoms. The van der Waals surface area contributed by atoms with Gasteiger partial charge in [-0.3, -0.25) is 9.69 Å². The third-order valence-corrected chi connectivity index (χ3v) is 5.91. The Morgan fingerprint density at radius 2 is 1.97 bits per heavy atom. The Kier molecular flexibility index (Phi) is 7.15. The number of para-hydroxylation sites is 2. The Labute approximate surface area is 193 Å². The average molecular weight is 448 g/mol. The SMILES string of the molecule is CC(C)N1CCN(C(=O)CCCNc2nccc(C(C#N)c3nc4ccccc4o3)n2)CC1. The number of carbonyl (C=O) groups excluding carboxylic acids is 1. The second-order valence-electron chi connectivity index (χ2n) is 8.43. The number of benzene rings is 1. The molecule has 9 heteroatoms. The second kappa shape index (κ2) is 10.4. The zero-order valence-corrected chi connectivity index (χ0v) is 19.1. The highest BCUT2D eigenvalue weighted by Crippen LogP contribution is 2.26. The lowest BCUT2D eigenvalue weighted by molar-refractivity contribution is -0.133. The van der Waals surface area contributed by atoms with E-state index in [9.17, 15) is 10.1 Å². The fraction of sp³-hybridized carbons (Fsp3) is 0.458. The quantitative estimate of drug-likeness (QED) is 0.525. The van der Waals surface area contributed by atoms with E-state index in [-0.39, 0.29) is 5.91 Å². The first-order chi connectivity index (χ1) is 16.0. The van der Waals surface area contributed by atoms with Crippen LogP contribution < -0.4 is 5.32 Å². The molecule has 33 heavy (non-hydrogen) atoms. The molecular formula is C24H29N7O2. The molecule has 4 rings (SSSR count). The molecular weight excluding hydrogens is 418 g/mol. The van der Waals surface area contributed by atoms with Gasteiger partial charge in [0.2, 0.25) is 17.7 Å². The van der Waals surface area contributed by atoms with Gasteiger partial charge < -0.3 is 14.6 Å². The molecule has 1 aliphatic heterocycles. The van der Waals surface area contributed by atoms with Crippen LogP contribution in [0, 0.1) is 11.3 Å². The summed E-state index contributed by atoms with van der Waals surface area (Å²) < 4.78 is 5.76. The van der Waals surface area contributed by atoms with Gasteiger partial charge >= 0.3 is 0 Å². The lowest BCUT2D eigenvalue weighted by atomic mass is 10.1.